The summed E-state index contributed by atoms with van der Waals surface area (Å²) in [5, 5.41) is 0.990. The van der Waals surface area contributed by atoms with Crippen LogP contribution in [0.3, 0.4) is 0 Å². The first kappa shape index (κ1) is 11.0. The van der Waals surface area contributed by atoms with E-state index in [1.165, 1.54) is 5.56 Å². The van der Waals surface area contributed by atoms with Crippen molar-refractivity contribution < 1.29 is 0 Å². The summed E-state index contributed by atoms with van der Waals surface area (Å²) in [7, 11) is 0. The van der Waals surface area contributed by atoms with Crippen molar-refractivity contribution in [2.75, 3.05) is 5.73 Å². The van der Waals surface area contributed by atoms with Crippen LogP contribution in [0, 0.1) is 13.8 Å². The van der Waals surface area contributed by atoms with Gasteiger partial charge in [-0.15, -0.1) is 0 Å². The minimum Gasteiger partial charge on any atom is -0.384 e. The van der Waals surface area contributed by atoms with E-state index in [9.17, 15) is 0 Å². The summed E-state index contributed by atoms with van der Waals surface area (Å²) in [5.41, 5.74) is 7.79. The third-order valence-electron chi connectivity index (χ3n) is 2.06. The Morgan fingerprint density at radius 1 is 1.19 bits per heavy atom. The molecule has 0 spiro atoms. The smallest absolute Gasteiger partial charge is 0.123 e. The van der Waals surface area contributed by atoms with Crippen molar-refractivity contribution in [1.82, 2.24) is 9.97 Å². The SMILES string of the molecule is Cc1cc(C)nc(Sc2ccc(N)nc2)c1. The average molecular weight is 231 g/mol. The summed E-state index contributed by atoms with van der Waals surface area (Å²) < 4.78 is 0. The molecule has 0 unspecified atom stereocenters. The molecule has 2 aromatic rings. The lowest BCUT2D eigenvalue weighted by atomic mass is 10.3. The monoisotopic (exact) mass is 231 g/mol. The Balaban J connectivity index is 2.23. The minimum absolute atomic E-state index is 0.540. The Hall–Kier alpha value is -1.55. The Morgan fingerprint density at radius 3 is 2.62 bits per heavy atom. The zero-order valence-corrected chi connectivity index (χ0v) is 10.1. The molecule has 0 saturated heterocycles. The lowest BCUT2D eigenvalue weighted by Gasteiger charge is -2.03. The van der Waals surface area contributed by atoms with Crippen LogP contribution in [0.15, 0.2) is 40.4 Å². The summed E-state index contributed by atoms with van der Waals surface area (Å²) >= 11 is 1.60. The minimum atomic E-state index is 0.540. The molecular formula is C12H13N3S. The zero-order valence-electron chi connectivity index (χ0n) is 9.27. The highest BCUT2D eigenvalue weighted by Crippen LogP contribution is 2.26. The number of nitrogens with zero attached hydrogens (tertiary/aromatic N) is 2. The molecule has 0 aliphatic carbocycles. The number of aryl methyl sites for hydroxylation is 2. The molecule has 2 N–H and O–H groups in total. The van der Waals surface area contributed by atoms with Gasteiger partial charge < -0.3 is 5.73 Å². The second-order valence-electron chi connectivity index (χ2n) is 3.64. The van der Waals surface area contributed by atoms with Crippen LogP contribution in [0.2, 0.25) is 0 Å². The highest BCUT2D eigenvalue weighted by atomic mass is 32.2. The lowest BCUT2D eigenvalue weighted by molar-refractivity contribution is 1.04. The van der Waals surface area contributed by atoms with E-state index in [0.29, 0.717) is 5.82 Å². The van der Waals surface area contributed by atoms with Gasteiger partial charge in [-0.1, -0.05) is 11.8 Å². The van der Waals surface area contributed by atoms with Crippen LogP contribution in [-0.4, -0.2) is 9.97 Å². The first-order valence-corrected chi connectivity index (χ1v) is 5.80. The lowest BCUT2D eigenvalue weighted by Crippen LogP contribution is -1.89. The molecule has 0 bridgehead atoms. The molecular weight excluding hydrogens is 218 g/mol. The Bertz CT molecular complexity index is 474. The molecule has 2 heterocycles. The molecule has 16 heavy (non-hydrogen) atoms. The van der Waals surface area contributed by atoms with Gasteiger partial charge in [0.05, 0.1) is 0 Å². The van der Waals surface area contributed by atoms with Crippen molar-refractivity contribution >= 4 is 17.6 Å². The van der Waals surface area contributed by atoms with E-state index in [1.807, 2.05) is 13.0 Å². The van der Waals surface area contributed by atoms with Gasteiger partial charge in [-0.2, -0.15) is 0 Å². The maximum absolute atomic E-state index is 5.53. The molecule has 0 saturated carbocycles. The van der Waals surface area contributed by atoms with Gasteiger partial charge in [-0.25, -0.2) is 9.97 Å². The third-order valence-corrected chi connectivity index (χ3v) is 2.95. The number of nitrogen functional groups attached to an aromatic ring is 1. The fraction of sp³-hybridized carbons (Fsp3) is 0.167. The van der Waals surface area contributed by atoms with Crippen LogP contribution in [0.5, 0.6) is 0 Å². The molecule has 0 amide bonds. The molecule has 2 aromatic heterocycles. The van der Waals surface area contributed by atoms with Gasteiger partial charge in [-0.3, -0.25) is 0 Å². The van der Waals surface area contributed by atoms with Crippen molar-refractivity contribution in [3.05, 3.63) is 41.7 Å². The van der Waals surface area contributed by atoms with E-state index in [2.05, 4.69) is 29.0 Å². The van der Waals surface area contributed by atoms with E-state index < -0.39 is 0 Å². The third kappa shape index (κ3) is 2.73. The molecule has 0 radical (unpaired) electrons. The number of hydrogen-bond donors (Lipinski definition) is 1. The second-order valence-corrected chi connectivity index (χ2v) is 4.74. The molecule has 0 aliphatic heterocycles. The first-order chi connectivity index (χ1) is 7.63. The van der Waals surface area contributed by atoms with Crippen LogP contribution in [-0.2, 0) is 0 Å². The molecule has 82 valence electrons. The summed E-state index contributed by atoms with van der Waals surface area (Å²) in [5.74, 6) is 0.540. The molecule has 3 nitrogen and oxygen atoms in total. The molecule has 0 fully saturated rings. The summed E-state index contributed by atoms with van der Waals surface area (Å²) in [4.78, 5) is 9.55. The Morgan fingerprint density at radius 2 is 2.00 bits per heavy atom. The Labute approximate surface area is 99.1 Å². The number of pyridine rings is 2. The van der Waals surface area contributed by atoms with Crippen LogP contribution in [0.25, 0.3) is 0 Å². The van der Waals surface area contributed by atoms with Crippen LogP contribution in [0.4, 0.5) is 5.82 Å². The van der Waals surface area contributed by atoms with Crippen LogP contribution in [0.1, 0.15) is 11.3 Å². The average Bonchev–Trinajstić information content (AvgIpc) is 2.20. The molecule has 0 aliphatic rings. The number of anilines is 1. The summed E-state index contributed by atoms with van der Waals surface area (Å²) in [6.45, 7) is 4.07. The number of aromatic nitrogens is 2. The van der Waals surface area contributed by atoms with Gasteiger partial charge in [-0.05, 0) is 43.7 Å². The molecule has 0 atom stereocenters. The van der Waals surface area contributed by atoms with E-state index in [-0.39, 0.29) is 0 Å². The maximum atomic E-state index is 5.53. The van der Waals surface area contributed by atoms with E-state index >= 15 is 0 Å². The topological polar surface area (TPSA) is 51.8 Å². The highest BCUT2D eigenvalue weighted by molar-refractivity contribution is 7.99. The normalized spacial score (nSPS) is 10.4. The summed E-state index contributed by atoms with van der Waals surface area (Å²) in [6.07, 6.45) is 1.76. The fourth-order valence-corrected chi connectivity index (χ4v) is 2.35. The van der Waals surface area contributed by atoms with Gasteiger partial charge >= 0.3 is 0 Å². The molecule has 0 aromatic carbocycles. The first-order valence-electron chi connectivity index (χ1n) is 4.98. The van der Waals surface area contributed by atoms with Gasteiger partial charge in [0.2, 0.25) is 0 Å². The van der Waals surface area contributed by atoms with Crippen LogP contribution < -0.4 is 5.73 Å². The van der Waals surface area contributed by atoms with E-state index in [0.717, 1.165) is 15.6 Å². The van der Waals surface area contributed by atoms with E-state index in [1.54, 1.807) is 24.0 Å². The van der Waals surface area contributed by atoms with Crippen LogP contribution >= 0.6 is 11.8 Å². The van der Waals surface area contributed by atoms with Gasteiger partial charge in [0.25, 0.3) is 0 Å². The fourth-order valence-electron chi connectivity index (χ4n) is 1.43. The van der Waals surface area contributed by atoms with Crippen molar-refractivity contribution in [1.29, 1.82) is 0 Å². The quantitative estimate of drug-likeness (QED) is 0.863. The standard InChI is InChI=1S/C12H13N3S/c1-8-5-9(2)15-12(6-8)16-10-3-4-11(13)14-7-10/h3-7H,1-2H3,(H2,13,14). The number of rotatable bonds is 2. The van der Waals surface area contributed by atoms with E-state index in [4.69, 9.17) is 5.73 Å². The second kappa shape index (κ2) is 4.53. The number of hydrogen-bond acceptors (Lipinski definition) is 4. The Kier molecular flexibility index (Phi) is 3.10. The van der Waals surface area contributed by atoms with Crippen molar-refractivity contribution in [2.24, 2.45) is 0 Å². The predicted octanol–water partition coefficient (Wildman–Crippen LogP) is 2.83. The van der Waals surface area contributed by atoms with Crippen molar-refractivity contribution in [3.63, 3.8) is 0 Å². The van der Waals surface area contributed by atoms with Gasteiger partial charge in [0.15, 0.2) is 0 Å². The van der Waals surface area contributed by atoms with Crippen molar-refractivity contribution in [3.8, 4) is 0 Å². The summed E-state index contributed by atoms with van der Waals surface area (Å²) in [6, 6.07) is 7.87. The number of nitrogens with two attached hydrogens (primary N) is 1. The van der Waals surface area contributed by atoms with Gasteiger partial charge in [0.1, 0.15) is 10.8 Å². The maximum Gasteiger partial charge on any atom is 0.123 e. The van der Waals surface area contributed by atoms with Crippen molar-refractivity contribution in [2.45, 2.75) is 23.8 Å². The molecule has 2 rings (SSSR count). The largest absolute Gasteiger partial charge is 0.384 e. The highest BCUT2D eigenvalue weighted by Gasteiger charge is 2.01. The zero-order chi connectivity index (χ0) is 11.5. The van der Waals surface area contributed by atoms with Gasteiger partial charge in [0, 0.05) is 16.8 Å². The predicted molar refractivity (Wildman–Crippen MR) is 66.5 cm³/mol. The molecule has 4 heteroatoms.